The van der Waals surface area contributed by atoms with Crippen molar-refractivity contribution in [2.75, 3.05) is 5.73 Å². The minimum Gasteiger partial charge on any atom is -0.380 e. The van der Waals surface area contributed by atoms with Gasteiger partial charge in [-0.2, -0.15) is 5.10 Å². The highest BCUT2D eigenvalue weighted by Crippen LogP contribution is 2.20. The maximum atomic E-state index is 10.1. The predicted molar refractivity (Wildman–Crippen MR) is 42.5 cm³/mol. The molecule has 60 valence electrons. The second kappa shape index (κ2) is 2.69. The number of nitrogens with zero attached hydrogens (tertiary/aromatic N) is 3. The molecule has 0 atom stereocenters. The van der Waals surface area contributed by atoms with E-state index in [-0.39, 0.29) is 17.5 Å². The van der Waals surface area contributed by atoms with Gasteiger partial charge in [-0.1, -0.05) is 0 Å². The topological polar surface area (TPSA) is 73.3 Å². The highest BCUT2D eigenvalue weighted by Gasteiger charge is 2.06. The standard InChI is InChI=1S/C6H10N4O/c1-4(2)10-3-5(9-11)6(7)8-10/h3-4H,1-2H3,(H2,7,8). The minimum atomic E-state index is 0.189. The lowest BCUT2D eigenvalue weighted by Gasteiger charge is -2.01. The van der Waals surface area contributed by atoms with Crippen molar-refractivity contribution in [3.8, 4) is 0 Å². The van der Waals surface area contributed by atoms with Gasteiger partial charge < -0.3 is 5.73 Å². The number of anilines is 1. The van der Waals surface area contributed by atoms with E-state index >= 15 is 0 Å². The Balaban J connectivity index is 3.04. The average molecular weight is 154 g/mol. The van der Waals surface area contributed by atoms with E-state index in [4.69, 9.17) is 5.73 Å². The van der Waals surface area contributed by atoms with Crippen LogP contribution in [0, 0.1) is 4.91 Å². The molecule has 0 unspecified atom stereocenters. The maximum Gasteiger partial charge on any atom is 0.175 e. The summed E-state index contributed by atoms with van der Waals surface area (Å²) in [5, 5.41) is 6.60. The molecule has 0 saturated heterocycles. The predicted octanol–water partition coefficient (Wildman–Crippen LogP) is 1.44. The van der Waals surface area contributed by atoms with Gasteiger partial charge in [0, 0.05) is 6.04 Å². The van der Waals surface area contributed by atoms with Crippen LogP contribution in [-0.2, 0) is 0 Å². The van der Waals surface area contributed by atoms with Crippen molar-refractivity contribution in [3.05, 3.63) is 11.1 Å². The van der Waals surface area contributed by atoms with Gasteiger partial charge in [-0.05, 0) is 19.0 Å². The molecule has 1 aromatic heterocycles. The van der Waals surface area contributed by atoms with Crippen LogP contribution in [-0.4, -0.2) is 9.78 Å². The first-order chi connectivity index (χ1) is 5.15. The van der Waals surface area contributed by atoms with E-state index in [1.807, 2.05) is 13.8 Å². The Labute approximate surface area is 64.2 Å². The first-order valence-electron chi connectivity index (χ1n) is 3.33. The fourth-order valence-corrected chi connectivity index (χ4v) is 0.731. The van der Waals surface area contributed by atoms with Crippen molar-refractivity contribution >= 4 is 11.5 Å². The Kier molecular flexibility index (Phi) is 1.89. The molecule has 5 nitrogen and oxygen atoms in total. The Hall–Kier alpha value is -1.39. The molecular formula is C6H10N4O. The van der Waals surface area contributed by atoms with Gasteiger partial charge in [0.2, 0.25) is 0 Å². The van der Waals surface area contributed by atoms with E-state index in [1.54, 1.807) is 4.68 Å². The quantitative estimate of drug-likeness (QED) is 0.655. The van der Waals surface area contributed by atoms with Crippen molar-refractivity contribution in [1.29, 1.82) is 0 Å². The van der Waals surface area contributed by atoms with Crippen LogP contribution in [0.3, 0.4) is 0 Å². The van der Waals surface area contributed by atoms with Crippen molar-refractivity contribution < 1.29 is 0 Å². The first-order valence-corrected chi connectivity index (χ1v) is 3.33. The highest BCUT2D eigenvalue weighted by atomic mass is 16.3. The molecule has 0 aliphatic heterocycles. The third kappa shape index (κ3) is 1.36. The fraction of sp³-hybridized carbons (Fsp3) is 0.500. The van der Waals surface area contributed by atoms with Crippen LogP contribution >= 0.6 is 0 Å². The molecule has 0 bridgehead atoms. The highest BCUT2D eigenvalue weighted by molar-refractivity contribution is 5.55. The largest absolute Gasteiger partial charge is 0.380 e. The van der Waals surface area contributed by atoms with E-state index in [0.717, 1.165) is 0 Å². The summed E-state index contributed by atoms with van der Waals surface area (Å²) < 4.78 is 1.60. The zero-order valence-corrected chi connectivity index (χ0v) is 6.48. The van der Waals surface area contributed by atoms with Crippen LogP contribution in [0.1, 0.15) is 19.9 Å². The monoisotopic (exact) mass is 154 g/mol. The van der Waals surface area contributed by atoms with Gasteiger partial charge in [0.1, 0.15) is 0 Å². The number of aromatic nitrogens is 2. The Bertz CT molecular complexity index is 266. The van der Waals surface area contributed by atoms with Gasteiger partial charge in [-0.3, -0.25) is 4.68 Å². The lowest BCUT2D eigenvalue weighted by atomic mass is 10.4. The molecular weight excluding hydrogens is 144 g/mol. The molecule has 2 N–H and O–H groups in total. The molecule has 0 aromatic carbocycles. The van der Waals surface area contributed by atoms with Gasteiger partial charge in [0.25, 0.3) is 0 Å². The van der Waals surface area contributed by atoms with E-state index in [1.165, 1.54) is 6.20 Å². The van der Waals surface area contributed by atoms with Gasteiger partial charge in [-0.15, -0.1) is 4.91 Å². The SMILES string of the molecule is CC(C)n1cc(N=O)c(N)n1. The lowest BCUT2D eigenvalue weighted by Crippen LogP contribution is -2.01. The van der Waals surface area contributed by atoms with Crippen LogP contribution in [0.5, 0.6) is 0 Å². The summed E-state index contributed by atoms with van der Waals surface area (Å²) in [7, 11) is 0. The van der Waals surface area contributed by atoms with E-state index in [9.17, 15) is 4.91 Å². The van der Waals surface area contributed by atoms with Gasteiger partial charge in [-0.25, -0.2) is 0 Å². The molecule has 5 heteroatoms. The minimum absolute atomic E-state index is 0.189. The zero-order chi connectivity index (χ0) is 8.43. The maximum absolute atomic E-state index is 10.1. The number of rotatable bonds is 2. The summed E-state index contributed by atoms with van der Waals surface area (Å²) >= 11 is 0. The van der Waals surface area contributed by atoms with Crippen molar-refractivity contribution in [3.63, 3.8) is 0 Å². The van der Waals surface area contributed by atoms with Crippen LogP contribution in [0.2, 0.25) is 0 Å². The second-order valence-corrected chi connectivity index (χ2v) is 2.56. The fourth-order valence-electron chi connectivity index (χ4n) is 0.731. The molecule has 11 heavy (non-hydrogen) atoms. The normalized spacial score (nSPS) is 10.5. The Morgan fingerprint density at radius 1 is 1.73 bits per heavy atom. The molecule has 0 spiro atoms. The number of nitroso groups, excluding NO2 is 1. The van der Waals surface area contributed by atoms with E-state index < -0.39 is 0 Å². The third-order valence-corrected chi connectivity index (χ3v) is 1.37. The van der Waals surface area contributed by atoms with Gasteiger partial charge in [0.05, 0.1) is 6.20 Å². The van der Waals surface area contributed by atoms with Crippen LogP contribution < -0.4 is 5.73 Å². The Morgan fingerprint density at radius 3 is 2.64 bits per heavy atom. The van der Waals surface area contributed by atoms with Crippen molar-refractivity contribution in [2.45, 2.75) is 19.9 Å². The number of nitrogens with two attached hydrogens (primary N) is 1. The van der Waals surface area contributed by atoms with E-state index in [2.05, 4.69) is 10.3 Å². The van der Waals surface area contributed by atoms with Crippen molar-refractivity contribution in [1.82, 2.24) is 9.78 Å². The van der Waals surface area contributed by atoms with Crippen molar-refractivity contribution in [2.24, 2.45) is 5.18 Å². The summed E-state index contributed by atoms with van der Waals surface area (Å²) in [5.41, 5.74) is 5.57. The molecule has 1 rings (SSSR count). The smallest absolute Gasteiger partial charge is 0.175 e. The Morgan fingerprint density at radius 2 is 2.36 bits per heavy atom. The summed E-state index contributed by atoms with van der Waals surface area (Å²) in [6.07, 6.45) is 1.53. The molecule has 1 aromatic rings. The third-order valence-electron chi connectivity index (χ3n) is 1.37. The second-order valence-electron chi connectivity index (χ2n) is 2.56. The number of hydrogen-bond acceptors (Lipinski definition) is 4. The first kappa shape index (κ1) is 7.71. The van der Waals surface area contributed by atoms with E-state index in [0.29, 0.717) is 0 Å². The van der Waals surface area contributed by atoms with Gasteiger partial charge in [0.15, 0.2) is 11.5 Å². The molecule has 0 fully saturated rings. The molecule has 0 saturated carbocycles. The molecule has 0 aliphatic rings. The number of nitrogen functional groups attached to an aromatic ring is 1. The molecule has 0 amide bonds. The molecule has 0 aliphatic carbocycles. The summed E-state index contributed by atoms with van der Waals surface area (Å²) in [4.78, 5) is 10.1. The summed E-state index contributed by atoms with van der Waals surface area (Å²) in [6.45, 7) is 3.89. The lowest BCUT2D eigenvalue weighted by molar-refractivity contribution is 0.534. The molecule has 0 radical (unpaired) electrons. The number of hydrogen-bond donors (Lipinski definition) is 1. The van der Waals surface area contributed by atoms with Crippen LogP contribution in [0.25, 0.3) is 0 Å². The summed E-state index contributed by atoms with van der Waals surface area (Å²) in [6, 6.07) is 0.202. The molecule has 1 heterocycles. The summed E-state index contributed by atoms with van der Waals surface area (Å²) in [5.74, 6) is 0.189. The average Bonchev–Trinajstić information content (AvgIpc) is 2.31. The van der Waals surface area contributed by atoms with Crippen LogP contribution in [0.4, 0.5) is 11.5 Å². The van der Waals surface area contributed by atoms with Crippen LogP contribution in [0.15, 0.2) is 11.4 Å². The van der Waals surface area contributed by atoms with Gasteiger partial charge >= 0.3 is 0 Å². The zero-order valence-electron chi connectivity index (χ0n) is 6.48.